The maximum Gasteiger partial charge on any atom is 0.274 e. The lowest BCUT2D eigenvalue weighted by Crippen LogP contribution is -2.49. The molecule has 2 aliphatic rings. The summed E-state index contributed by atoms with van der Waals surface area (Å²) in [5.41, 5.74) is 5.26. The molecule has 5 rings (SSSR count). The first kappa shape index (κ1) is 22.1. The summed E-state index contributed by atoms with van der Waals surface area (Å²) >= 11 is 0. The van der Waals surface area contributed by atoms with E-state index in [1.165, 1.54) is 12.1 Å². The van der Waals surface area contributed by atoms with Crippen LogP contribution in [0.3, 0.4) is 0 Å². The predicted molar refractivity (Wildman–Crippen MR) is 127 cm³/mol. The number of nitrogens with zero attached hydrogens (tertiary/aromatic N) is 4. The largest absolute Gasteiger partial charge is 0.368 e. The third-order valence-corrected chi connectivity index (χ3v) is 6.69. The van der Waals surface area contributed by atoms with Gasteiger partial charge in [0, 0.05) is 62.6 Å². The van der Waals surface area contributed by atoms with Crippen LogP contribution >= 0.6 is 0 Å². The minimum absolute atomic E-state index is 0.0590. The van der Waals surface area contributed by atoms with Crippen molar-refractivity contribution >= 4 is 17.5 Å². The molecule has 176 valence electrons. The van der Waals surface area contributed by atoms with Crippen LogP contribution in [0.4, 0.5) is 10.1 Å². The fraction of sp³-hybridized carbons (Fsp3) is 0.346. The number of carbonyl (C=O) groups is 2. The molecule has 0 unspecified atom stereocenters. The van der Waals surface area contributed by atoms with E-state index in [9.17, 15) is 14.0 Å². The summed E-state index contributed by atoms with van der Waals surface area (Å²) in [5, 5.41) is 7.36. The van der Waals surface area contributed by atoms with Crippen LogP contribution in [0.5, 0.6) is 0 Å². The van der Waals surface area contributed by atoms with Crippen molar-refractivity contribution in [1.29, 1.82) is 0 Å². The first-order chi connectivity index (χ1) is 16.5. The molecule has 2 amide bonds. The quantitative estimate of drug-likeness (QED) is 0.649. The van der Waals surface area contributed by atoms with Crippen molar-refractivity contribution in [3.8, 4) is 0 Å². The number of nitrogens with one attached hydrogen (secondary N) is 1. The van der Waals surface area contributed by atoms with Crippen molar-refractivity contribution in [3.05, 3.63) is 82.4 Å². The number of halogens is 1. The van der Waals surface area contributed by atoms with Crippen LogP contribution in [-0.2, 0) is 24.2 Å². The average molecular weight is 462 g/mol. The van der Waals surface area contributed by atoms with Crippen LogP contribution in [0.25, 0.3) is 0 Å². The number of aromatic nitrogens is 2. The zero-order chi connectivity index (χ0) is 23.7. The van der Waals surface area contributed by atoms with Crippen LogP contribution in [-0.4, -0.2) is 64.5 Å². The van der Waals surface area contributed by atoms with Gasteiger partial charge in [-0.05, 0) is 36.8 Å². The Kier molecular flexibility index (Phi) is 6.04. The number of piperazine rings is 1. The van der Waals surface area contributed by atoms with Crippen LogP contribution in [0, 0.1) is 12.7 Å². The monoisotopic (exact) mass is 461 g/mol. The summed E-state index contributed by atoms with van der Waals surface area (Å²) in [5.74, 6) is -0.305. The Labute approximate surface area is 198 Å². The van der Waals surface area contributed by atoms with Crippen molar-refractivity contribution in [2.45, 2.75) is 26.3 Å². The lowest BCUT2D eigenvalue weighted by atomic mass is 10.0. The Hall–Kier alpha value is -3.68. The number of anilines is 1. The van der Waals surface area contributed by atoms with Crippen LogP contribution < -0.4 is 4.90 Å². The van der Waals surface area contributed by atoms with E-state index in [4.69, 9.17) is 0 Å². The smallest absolute Gasteiger partial charge is 0.274 e. The molecule has 0 radical (unpaired) electrons. The van der Waals surface area contributed by atoms with Gasteiger partial charge in [0.2, 0.25) is 5.91 Å². The zero-order valence-electron chi connectivity index (χ0n) is 19.3. The third-order valence-electron chi connectivity index (χ3n) is 6.69. The van der Waals surface area contributed by atoms with Gasteiger partial charge in [-0.1, -0.05) is 29.8 Å². The molecule has 2 aromatic carbocycles. The number of aryl methyl sites for hydroxylation is 1. The summed E-state index contributed by atoms with van der Waals surface area (Å²) < 4.78 is 13.2. The SMILES string of the molecule is Cc1cccc(CC(=O)N2CCc3[nH]nc(C(=O)N4CCN(c5ccc(F)cc5)CC4)c3C2)c1. The Bertz CT molecular complexity index is 1200. The molecule has 1 N–H and O–H groups in total. The Morgan fingerprint density at radius 2 is 1.76 bits per heavy atom. The van der Waals surface area contributed by atoms with Gasteiger partial charge >= 0.3 is 0 Å². The number of fused-ring (bicyclic) bond motifs is 1. The summed E-state index contributed by atoms with van der Waals surface area (Å²) in [6, 6.07) is 14.4. The minimum Gasteiger partial charge on any atom is -0.368 e. The fourth-order valence-corrected chi connectivity index (χ4v) is 4.76. The van der Waals surface area contributed by atoms with Gasteiger partial charge in [-0.15, -0.1) is 0 Å². The van der Waals surface area contributed by atoms with Gasteiger partial charge in [-0.3, -0.25) is 14.7 Å². The molecule has 0 atom stereocenters. The predicted octanol–water partition coefficient (Wildman–Crippen LogP) is 2.95. The molecular weight excluding hydrogens is 433 g/mol. The van der Waals surface area contributed by atoms with Gasteiger partial charge in [0.05, 0.1) is 6.42 Å². The van der Waals surface area contributed by atoms with E-state index < -0.39 is 0 Å². The molecule has 2 aliphatic heterocycles. The van der Waals surface area contributed by atoms with Gasteiger partial charge in [0.15, 0.2) is 5.69 Å². The highest BCUT2D eigenvalue weighted by atomic mass is 19.1. The standard InChI is InChI=1S/C26H28FN5O2/c1-18-3-2-4-19(15-18)16-24(33)32-10-9-23-22(17-32)25(29-28-23)26(34)31-13-11-30(12-14-31)21-7-5-20(27)6-8-21/h2-8,15H,9-14,16-17H2,1H3,(H,28,29). The molecule has 0 spiro atoms. The summed E-state index contributed by atoms with van der Waals surface area (Å²) in [4.78, 5) is 32.0. The Morgan fingerprint density at radius 1 is 1.00 bits per heavy atom. The van der Waals surface area contributed by atoms with Gasteiger partial charge in [-0.2, -0.15) is 5.10 Å². The number of amides is 2. The van der Waals surface area contributed by atoms with Crippen molar-refractivity contribution in [3.63, 3.8) is 0 Å². The highest BCUT2D eigenvalue weighted by Crippen LogP contribution is 2.24. The number of hydrogen-bond donors (Lipinski definition) is 1. The first-order valence-electron chi connectivity index (χ1n) is 11.7. The van der Waals surface area contributed by atoms with Crippen molar-refractivity contribution in [2.24, 2.45) is 0 Å². The second-order valence-corrected chi connectivity index (χ2v) is 9.02. The molecular formula is C26H28FN5O2. The van der Waals surface area contributed by atoms with Crippen molar-refractivity contribution in [1.82, 2.24) is 20.0 Å². The molecule has 8 heteroatoms. The minimum atomic E-state index is -0.257. The topological polar surface area (TPSA) is 72.5 Å². The highest BCUT2D eigenvalue weighted by Gasteiger charge is 2.31. The molecule has 34 heavy (non-hydrogen) atoms. The lowest BCUT2D eigenvalue weighted by molar-refractivity contribution is -0.131. The van der Waals surface area contributed by atoms with E-state index in [1.807, 2.05) is 41.0 Å². The highest BCUT2D eigenvalue weighted by molar-refractivity contribution is 5.94. The summed E-state index contributed by atoms with van der Waals surface area (Å²) in [6.07, 6.45) is 1.01. The molecule has 3 heterocycles. The van der Waals surface area contributed by atoms with E-state index in [2.05, 4.69) is 15.1 Å². The molecule has 1 saturated heterocycles. The number of aromatic amines is 1. The summed E-state index contributed by atoms with van der Waals surface area (Å²) in [6.45, 7) is 5.50. The number of H-pyrrole nitrogens is 1. The maximum atomic E-state index is 13.3. The number of benzene rings is 2. The molecule has 7 nitrogen and oxygen atoms in total. The number of hydrogen-bond acceptors (Lipinski definition) is 4. The van der Waals surface area contributed by atoms with E-state index >= 15 is 0 Å². The van der Waals surface area contributed by atoms with Crippen LogP contribution in [0.15, 0.2) is 48.5 Å². The van der Waals surface area contributed by atoms with E-state index in [0.29, 0.717) is 57.8 Å². The molecule has 0 aliphatic carbocycles. The maximum absolute atomic E-state index is 13.3. The van der Waals surface area contributed by atoms with Gasteiger partial charge in [0.25, 0.3) is 5.91 Å². The van der Waals surface area contributed by atoms with Gasteiger partial charge < -0.3 is 14.7 Å². The fourth-order valence-electron chi connectivity index (χ4n) is 4.76. The van der Waals surface area contributed by atoms with E-state index in [0.717, 1.165) is 28.1 Å². The second-order valence-electron chi connectivity index (χ2n) is 9.02. The summed E-state index contributed by atoms with van der Waals surface area (Å²) in [7, 11) is 0. The third kappa shape index (κ3) is 4.53. The molecule has 0 bridgehead atoms. The Balaban J connectivity index is 1.23. The van der Waals surface area contributed by atoms with Crippen LogP contribution in [0.2, 0.25) is 0 Å². The normalized spacial score (nSPS) is 15.9. The second kappa shape index (κ2) is 9.29. The molecule has 1 fully saturated rings. The lowest BCUT2D eigenvalue weighted by Gasteiger charge is -2.36. The van der Waals surface area contributed by atoms with Crippen molar-refractivity contribution < 1.29 is 14.0 Å². The van der Waals surface area contributed by atoms with Crippen molar-refractivity contribution in [2.75, 3.05) is 37.6 Å². The number of rotatable bonds is 4. The van der Waals surface area contributed by atoms with E-state index in [-0.39, 0.29) is 17.6 Å². The average Bonchev–Trinajstić information content (AvgIpc) is 3.27. The number of carbonyl (C=O) groups excluding carboxylic acids is 2. The zero-order valence-corrected chi connectivity index (χ0v) is 19.3. The molecule has 3 aromatic rings. The van der Waals surface area contributed by atoms with E-state index in [1.54, 1.807) is 12.1 Å². The van der Waals surface area contributed by atoms with Gasteiger partial charge in [-0.25, -0.2) is 4.39 Å². The first-order valence-corrected chi connectivity index (χ1v) is 11.7. The van der Waals surface area contributed by atoms with Crippen LogP contribution in [0.1, 0.15) is 32.9 Å². The Morgan fingerprint density at radius 3 is 2.50 bits per heavy atom. The molecule has 0 saturated carbocycles. The van der Waals surface area contributed by atoms with Gasteiger partial charge in [0.1, 0.15) is 5.82 Å². The molecule has 1 aromatic heterocycles.